The third kappa shape index (κ3) is 5.96. The van der Waals surface area contributed by atoms with Gasteiger partial charge in [-0.2, -0.15) is 0 Å². The molecule has 0 fully saturated rings. The predicted octanol–water partition coefficient (Wildman–Crippen LogP) is 3.71. The highest BCUT2D eigenvalue weighted by molar-refractivity contribution is 6.10. The van der Waals surface area contributed by atoms with Crippen molar-refractivity contribution in [3.63, 3.8) is 0 Å². The Kier molecular flexibility index (Phi) is 7.05. The molecule has 0 saturated heterocycles. The van der Waals surface area contributed by atoms with Crippen molar-refractivity contribution in [2.24, 2.45) is 4.99 Å². The average Bonchev–Trinajstić information content (AvgIpc) is 2.79. The number of hydrogen-bond donors (Lipinski definition) is 2. The molecule has 1 aromatic heterocycles. The zero-order valence-electron chi connectivity index (χ0n) is 17.1. The van der Waals surface area contributed by atoms with Crippen LogP contribution in [-0.4, -0.2) is 29.9 Å². The van der Waals surface area contributed by atoms with Crippen LogP contribution in [0.1, 0.15) is 31.8 Å². The van der Waals surface area contributed by atoms with Gasteiger partial charge >= 0.3 is 5.97 Å². The molecule has 0 unspecified atom stereocenters. The van der Waals surface area contributed by atoms with Crippen molar-refractivity contribution < 1.29 is 18.7 Å². The Balaban J connectivity index is 1.84. The number of aromatic nitrogens is 1. The number of rotatable bonds is 5. The maximum atomic E-state index is 13.9. The molecular formula is C23H21FN4O3. The monoisotopic (exact) mass is 420 g/mol. The van der Waals surface area contributed by atoms with Gasteiger partial charge in [-0.3, -0.25) is 15.1 Å². The van der Waals surface area contributed by atoms with E-state index in [1.54, 1.807) is 55.7 Å². The van der Waals surface area contributed by atoms with Crippen LogP contribution in [0.25, 0.3) is 0 Å². The molecule has 2 N–H and O–H groups in total. The summed E-state index contributed by atoms with van der Waals surface area (Å²) in [5, 5.41) is 5.66. The Bertz CT molecular complexity index is 1120. The van der Waals surface area contributed by atoms with E-state index in [-0.39, 0.29) is 18.1 Å². The zero-order valence-corrected chi connectivity index (χ0v) is 17.1. The van der Waals surface area contributed by atoms with Crippen LogP contribution >= 0.6 is 0 Å². The Morgan fingerprint density at radius 3 is 2.55 bits per heavy atom. The molecule has 1 heterocycles. The van der Waals surface area contributed by atoms with Gasteiger partial charge in [-0.05, 0) is 60.5 Å². The Labute approximate surface area is 179 Å². The van der Waals surface area contributed by atoms with E-state index >= 15 is 0 Å². The summed E-state index contributed by atoms with van der Waals surface area (Å²) in [6.07, 6.45) is 3.29. The summed E-state index contributed by atoms with van der Waals surface area (Å²) in [5.74, 6) is -1.34. The van der Waals surface area contributed by atoms with E-state index in [2.05, 4.69) is 20.6 Å². The number of anilines is 1. The molecule has 8 heteroatoms. The van der Waals surface area contributed by atoms with Crippen molar-refractivity contribution in [1.82, 2.24) is 10.3 Å². The molecule has 7 nitrogen and oxygen atoms in total. The Morgan fingerprint density at radius 2 is 1.84 bits per heavy atom. The molecule has 3 rings (SSSR count). The van der Waals surface area contributed by atoms with Crippen molar-refractivity contribution in [3.05, 3.63) is 95.1 Å². The number of carbonyl (C=O) groups excluding carboxylic acids is 2. The van der Waals surface area contributed by atoms with E-state index in [1.807, 2.05) is 0 Å². The van der Waals surface area contributed by atoms with Gasteiger partial charge in [0, 0.05) is 23.6 Å². The number of methoxy groups -OCH3 is 1. The van der Waals surface area contributed by atoms with Crippen LogP contribution in [0, 0.1) is 12.7 Å². The lowest BCUT2D eigenvalue weighted by Crippen LogP contribution is -2.36. The molecule has 0 aliphatic rings. The van der Waals surface area contributed by atoms with Gasteiger partial charge in [-0.25, -0.2) is 14.2 Å². The third-order valence-electron chi connectivity index (χ3n) is 4.38. The van der Waals surface area contributed by atoms with Gasteiger partial charge in [-0.1, -0.05) is 12.1 Å². The van der Waals surface area contributed by atoms with Gasteiger partial charge in [0.2, 0.25) is 5.96 Å². The number of aryl methyl sites for hydroxylation is 1. The fourth-order valence-electron chi connectivity index (χ4n) is 2.66. The highest BCUT2D eigenvalue weighted by atomic mass is 19.1. The highest BCUT2D eigenvalue weighted by Gasteiger charge is 2.12. The normalized spacial score (nSPS) is 11.0. The lowest BCUT2D eigenvalue weighted by molar-refractivity contribution is 0.0600. The molecule has 0 atom stereocenters. The first-order valence-electron chi connectivity index (χ1n) is 9.42. The quantitative estimate of drug-likeness (QED) is 0.373. The standard InChI is InChI=1S/C23H21FN4O3/c1-15-6-7-17(13-20(15)24)21(29)28-23(26-14-16-8-10-25-11-9-16)27-19-5-3-4-18(12-19)22(30)31-2/h3-13H,14H2,1-2H3,(H2,26,27,28,29). The van der Waals surface area contributed by atoms with Crippen LogP contribution in [-0.2, 0) is 11.3 Å². The minimum absolute atomic E-state index is 0.143. The second-order valence-electron chi connectivity index (χ2n) is 6.64. The van der Waals surface area contributed by atoms with E-state index in [1.165, 1.54) is 25.3 Å². The van der Waals surface area contributed by atoms with Gasteiger partial charge in [0.05, 0.1) is 19.2 Å². The smallest absolute Gasteiger partial charge is 0.337 e. The first kappa shape index (κ1) is 21.6. The van der Waals surface area contributed by atoms with Crippen LogP contribution in [0.4, 0.5) is 10.1 Å². The number of nitrogens with zero attached hydrogens (tertiary/aromatic N) is 2. The van der Waals surface area contributed by atoms with Crippen molar-refractivity contribution >= 4 is 23.5 Å². The zero-order chi connectivity index (χ0) is 22.2. The average molecular weight is 420 g/mol. The van der Waals surface area contributed by atoms with E-state index in [9.17, 15) is 14.0 Å². The third-order valence-corrected chi connectivity index (χ3v) is 4.38. The molecule has 0 spiro atoms. The minimum atomic E-state index is -0.524. The summed E-state index contributed by atoms with van der Waals surface area (Å²) < 4.78 is 18.6. The van der Waals surface area contributed by atoms with E-state index in [4.69, 9.17) is 4.74 Å². The molecule has 0 saturated carbocycles. The number of amides is 1. The van der Waals surface area contributed by atoms with Crippen molar-refractivity contribution in [3.8, 4) is 0 Å². The van der Waals surface area contributed by atoms with Gasteiger partial charge in [0.25, 0.3) is 5.91 Å². The van der Waals surface area contributed by atoms with Crippen LogP contribution < -0.4 is 10.6 Å². The first-order valence-corrected chi connectivity index (χ1v) is 9.42. The minimum Gasteiger partial charge on any atom is -0.465 e. The molecule has 1 amide bonds. The second kappa shape index (κ2) is 10.1. The topological polar surface area (TPSA) is 92.7 Å². The summed E-state index contributed by atoms with van der Waals surface area (Å²) in [4.78, 5) is 32.8. The summed E-state index contributed by atoms with van der Waals surface area (Å²) in [6.45, 7) is 1.89. The van der Waals surface area contributed by atoms with Crippen LogP contribution in [0.5, 0.6) is 0 Å². The van der Waals surface area contributed by atoms with Gasteiger partial charge in [-0.15, -0.1) is 0 Å². The number of halogens is 1. The van der Waals surface area contributed by atoms with Crippen molar-refractivity contribution in [1.29, 1.82) is 0 Å². The molecule has 3 aromatic rings. The number of benzene rings is 2. The number of pyridine rings is 1. The number of guanidine groups is 1. The van der Waals surface area contributed by atoms with Gasteiger partial charge in [0.15, 0.2) is 0 Å². The Morgan fingerprint density at radius 1 is 1.06 bits per heavy atom. The SMILES string of the molecule is COC(=O)c1cccc(NC(=NCc2ccncc2)NC(=O)c2ccc(C)c(F)c2)c1. The van der Waals surface area contributed by atoms with E-state index < -0.39 is 17.7 Å². The summed E-state index contributed by atoms with van der Waals surface area (Å²) in [7, 11) is 1.30. The number of esters is 1. The molecule has 2 aromatic carbocycles. The molecule has 0 aliphatic heterocycles. The maximum absolute atomic E-state index is 13.9. The number of ether oxygens (including phenoxy) is 1. The van der Waals surface area contributed by atoms with E-state index in [0.29, 0.717) is 16.8 Å². The number of carbonyl (C=O) groups is 2. The van der Waals surface area contributed by atoms with Crippen LogP contribution in [0.3, 0.4) is 0 Å². The second-order valence-corrected chi connectivity index (χ2v) is 6.64. The summed E-state index contributed by atoms with van der Waals surface area (Å²) in [5.41, 5.74) is 2.35. The van der Waals surface area contributed by atoms with Gasteiger partial charge < -0.3 is 10.1 Å². The lowest BCUT2D eigenvalue weighted by Gasteiger charge is -2.13. The molecule has 31 heavy (non-hydrogen) atoms. The highest BCUT2D eigenvalue weighted by Crippen LogP contribution is 2.13. The molecule has 0 aliphatic carbocycles. The fraction of sp³-hybridized carbons (Fsp3) is 0.130. The number of nitrogens with one attached hydrogen (secondary N) is 2. The Hall–Kier alpha value is -4.07. The molecule has 0 radical (unpaired) electrons. The summed E-state index contributed by atoms with van der Waals surface area (Å²) in [6, 6.07) is 14.4. The summed E-state index contributed by atoms with van der Waals surface area (Å²) >= 11 is 0. The molecule has 0 bridgehead atoms. The van der Waals surface area contributed by atoms with Crippen molar-refractivity contribution in [2.75, 3.05) is 12.4 Å². The number of aliphatic imine (C=N–C) groups is 1. The first-order chi connectivity index (χ1) is 15.0. The lowest BCUT2D eigenvalue weighted by atomic mass is 10.1. The maximum Gasteiger partial charge on any atom is 0.337 e. The van der Waals surface area contributed by atoms with Gasteiger partial charge in [0.1, 0.15) is 5.82 Å². The van der Waals surface area contributed by atoms with Crippen molar-refractivity contribution in [2.45, 2.75) is 13.5 Å². The largest absolute Gasteiger partial charge is 0.465 e. The number of hydrogen-bond acceptors (Lipinski definition) is 5. The molecular weight excluding hydrogens is 399 g/mol. The fourth-order valence-corrected chi connectivity index (χ4v) is 2.66. The van der Waals surface area contributed by atoms with Crippen LogP contribution in [0.2, 0.25) is 0 Å². The predicted molar refractivity (Wildman–Crippen MR) is 115 cm³/mol. The molecule has 158 valence electrons. The van der Waals surface area contributed by atoms with Crippen LogP contribution in [0.15, 0.2) is 72.0 Å². The van der Waals surface area contributed by atoms with E-state index in [0.717, 1.165) is 5.56 Å².